The van der Waals surface area contributed by atoms with Crippen LogP contribution in [0.1, 0.15) is 18.4 Å². The SMILES string of the molecule is NC(=O)C1CCN(C2CN(C(=O)Cc3ccsc3)C2)CC1. The summed E-state index contributed by atoms with van der Waals surface area (Å²) in [4.78, 5) is 27.6. The third kappa shape index (κ3) is 3.27. The predicted molar refractivity (Wildman–Crippen MR) is 81.9 cm³/mol. The lowest BCUT2D eigenvalue weighted by Crippen LogP contribution is -2.62. The first-order chi connectivity index (χ1) is 10.1. The number of hydrogen-bond donors (Lipinski definition) is 1. The van der Waals surface area contributed by atoms with E-state index in [2.05, 4.69) is 4.90 Å². The number of nitrogens with two attached hydrogens (primary N) is 1. The van der Waals surface area contributed by atoms with Gasteiger partial charge in [0.1, 0.15) is 0 Å². The van der Waals surface area contributed by atoms with E-state index < -0.39 is 0 Å². The van der Waals surface area contributed by atoms with Gasteiger partial charge in [0, 0.05) is 25.0 Å². The fraction of sp³-hybridized carbons (Fsp3) is 0.600. The van der Waals surface area contributed by atoms with Gasteiger partial charge in [0.15, 0.2) is 0 Å². The summed E-state index contributed by atoms with van der Waals surface area (Å²) < 4.78 is 0. The van der Waals surface area contributed by atoms with Crippen LogP contribution in [0.2, 0.25) is 0 Å². The molecule has 1 aromatic rings. The van der Waals surface area contributed by atoms with Gasteiger partial charge in [-0.1, -0.05) is 0 Å². The van der Waals surface area contributed by atoms with Crippen LogP contribution in [0.15, 0.2) is 16.8 Å². The van der Waals surface area contributed by atoms with E-state index in [0.29, 0.717) is 12.5 Å². The van der Waals surface area contributed by atoms with Crippen molar-refractivity contribution in [3.05, 3.63) is 22.4 Å². The molecule has 0 unspecified atom stereocenters. The first-order valence-electron chi connectivity index (χ1n) is 7.45. The van der Waals surface area contributed by atoms with Crippen LogP contribution in [0.4, 0.5) is 0 Å². The number of primary amides is 1. The molecule has 114 valence electrons. The molecule has 2 aliphatic rings. The first-order valence-corrected chi connectivity index (χ1v) is 8.40. The second-order valence-electron chi connectivity index (χ2n) is 5.97. The van der Waals surface area contributed by atoms with Gasteiger partial charge in [-0.3, -0.25) is 14.5 Å². The number of nitrogens with zero attached hydrogens (tertiary/aromatic N) is 2. The van der Waals surface area contributed by atoms with E-state index in [1.165, 1.54) is 0 Å². The number of amides is 2. The Morgan fingerprint density at radius 2 is 2.00 bits per heavy atom. The number of hydrogen-bond acceptors (Lipinski definition) is 4. The van der Waals surface area contributed by atoms with E-state index in [0.717, 1.165) is 44.6 Å². The standard InChI is InChI=1S/C15H21N3O2S/c16-15(20)12-1-4-17(5-2-12)13-8-18(9-13)14(19)7-11-3-6-21-10-11/h3,6,10,12-13H,1-2,4-5,7-9H2,(H2,16,20). The van der Waals surface area contributed by atoms with Gasteiger partial charge in [-0.2, -0.15) is 11.3 Å². The molecule has 0 atom stereocenters. The minimum atomic E-state index is -0.171. The van der Waals surface area contributed by atoms with Gasteiger partial charge in [-0.25, -0.2) is 0 Å². The molecule has 2 fully saturated rings. The molecule has 3 heterocycles. The normalized spacial score (nSPS) is 21.2. The third-order valence-corrected chi connectivity index (χ3v) is 5.33. The van der Waals surface area contributed by atoms with Crippen LogP contribution in [-0.4, -0.2) is 53.8 Å². The lowest BCUT2D eigenvalue weighted by molar-refractivity contribution is -0.138. The Morgan fingerprint density at radius 1 is 1.29 bits per heavy atom. The van der Waals surface area contributed by atoms with Gasteiger partial charge in [-0.15, -0.1) is 0 Å². The molecule has 3 rings (SSSR count). The number of carbonyl (C=O) groups excluding carboxylic acids is 2. The minimum absolute atomic E-state index is 0.0395. The van der Waals surface area contributed by atoms with E-state index in [1.54, 1.807) is 11.3 Å². The first kappa shape index (κ1) is 14.5. The maximum absolute atomic E-state index is 12.1. The largest absolute Gasteiger partial charge is 0.369 e. The fourth-order valence-corrected chi connectivity index (χ4v) is 3.79. The average molecular weight is 307 g/mol. The van der Waals surface area contributed by atoms with E-state index >= 15 is 0 Å². The number of rotatable bonds is 4. The van der Waals surface area contributed by atoms with Crippen molar-refractivity contribution in [3.63, 3.8) is 0 Å². The highest BCUT2D eigenvalue weighted by Crippen LogP contribution is 2.23. The van der Waals surface area contributed by atoms with Crippen molar-refractivity contribution in [1.29, 1.82) is 0 Å². The number of piperidine rings is 1. The molecule has 0 saturated carbocycles. The summed E-state index contributed by atoms with van der Waals surface area (Å²) in [6, 6.07) is 2.47. The lowest BCUT2D eigenvalue weighted by Gasteiger charge is -2.47. The second-order valence-corrected chi connectivity index (χ2v) is 6.75. The number of thiophene rings is 1. The molecule has 5 nitrogen and oxygen atoms in total. The van der Waals surface area contributed by atoms with Crippen molar-refractivity contribution in [1.82, 2.24) is 9.80 Å². The molecule has 2 N–H and O–H groups in total. The zero-order valence-corrected chi connectivity index (χ0v) is 12.8. The number of likely N-dealkylation sites (tertiary alicyclic amines) is 2. The molecule has 2 aliphatic heterocycles. The van der Waals surface area contributed by atoms with Gasteiger partial charge in [-0.05, 0) is 48.3 Å². The Morgan fingerprint density at radius 3 is 2.57 bits per heavy atom. The summed E-state index contributed by atoms with van der Waals surface area (Å²) in [5.74, 6) is 0.0881. The van der Waals surface area contributed by atoms with Gasteiger partial charge < -0.3 is 10.6 Å². The van der Waals surface area contributed by atoms with Gasteiger partial charge in [0.2, 0.25) is 11.8 Å². The summed E-state index contributed by atoms with van der Waals surface area (Å²) in [6.07, 6.45) is 2.23. The van der Waals surface area contributed by atoms with Gasteiger partial charge in [0.25, 0.3) is 0 Å². The summed E-state index contributed by atoms with van der Waals surface area (Å²) in [5, 5.41) is 4.04. The molecule has 2 saturated heterocycles. The highest BCUT2D eigenvalue weighted by molar-refractivity contribution is 7.07. The Kier molecular flexibility index (Phi) is 4.26. The average Bonchev–Trinajstić information content (AvgIpc) is 2.90. The van der Waals surface area contributed by atoms with Crippen LogP contribution >= 0.6 is 11.3 Å². The molecule has 0 spiro atoms. The summed E-state index contributed by atoms with van der Waals surface area (Å²) in [7, 11) is 0. The predicted octanol–water partition coefficient (Wildman–Crippen LogP) is 0.699. The quantitative estimate of drug-likeness (QED) is 0.890. The molecule has 0 aromatic carbocycles. The molecule has 21 heavy (non-hydrogen) atoms. The van der Waals surface area contributed by atoms with Crippen LogP contribution < -0.4 is 5.73 Å². The summed E-state index contributed by atoms with van der Waals surface area (Å²) in [6.45, 7) is 3.49. The maximum atomic E-state index is 12.1. The highest BCUT2D eigenvalue weighted by atomic mass is 32.1. The minimum Gasteiger partial charge on any atom is -0.369 e. The van der Waals surface area contributed by atoms with Crippen molar-refractivity contribution < 1.29 is 9.59 Å². The van der Waals surface area contributed by atoms with Crippen LogP contribution in [-0.2, 0) is 16.0 Å². The Bertz CT molecular complexity index is 503. The second kappa shape index (κ2) is 6.15. The molecule has 6 heteroatoms. The molecule has 2 amide bonds. The lowest BCUT2D eigenvalue weighted by atomic mass is 9.93. The highest BCUT2D eigenvalue weighted by Gasteiger charge is 2.36. The Hall–Kier alpha value is -1.40. The maximum Gasteiger partial charge on any atom is 0.227 e. The van der Waals surface area contributed by atoms with Crippen LogP contribution in [0.5, 0.6) is 0 Å². The Balaban J connectivity index is 1.42. The van der Waals surface area contributed by atoms with Crippen molar-refractivity contribution in [2.45, 2.75) is 25.3 Å². The summed E-state index contributed by atoms with van der Waals surface area (Å²) in [5.41, 5.74) is 6.46. The van der Waals surface area contributed by atoms with E-state index in [9.17, 15) is 9.59 Å². The van der Waals surface area contributed by atoms with E-state index in [-0.39, 0.29) is 17.7 Å². The summed E-state index contributed by atoms with van der Waals surface area (Å²) >= 11 is 1.63. The van der Waals surface area contributed by atoms with Crippen LogP contribution in [0, 0.1) is 5.92 Å². The molecular formula is C15H21N3O2S. The zero-order chi connectivity index (χ0) is 14.8. The van der Waals surface area contributed by atoms with Gasteiger partial charge >= 0.3 is 0 Å². The molecule has 0 radical (unpaired) electrons. The topological polar surface area (TPSA) is 66.6 Å². The molecule has 0 bridgehead atoms. The van der Waals surface area contributed by atoms with Crippen molar-refractivity contribution in [2.75, 3.05) is 26.2 Å². The molecular weight excluding hydrogens is 286 g/mol. The monoisotopic (exact) mass is 307 g/mol. The third-order valence-electron chi connectivity index (χ3n) is 4.60. The van der Waals surface area contributed by atoms with Crippen molar-refractivity contribution in [2.24, 2.45) is 11.7 Å². The van der Waals surface area contributed by atoms with Crippen LogP contribution in [0.3, 0.4) is 0 Å². The zero-order valence-electron chi connectivity index (χ0n) is 12.0. The molecule has 1 aromatic heterocycles. The Labute approximate surface area is 128 Å². The van der Waals surface area contributed by atoms with Crippen LogP contribution in [0.25, 0.3) is 0 Å². The van der Waals surface area contributed by atoms with Crippen molar-refractivity contribution in [3.8, 4) is 0 Å². The van der Waals surface area contributed by atoms with E-state index in [4.69, 9.17) is 5.73 Å². The van der Waals surface area contributed by atoms with Gasteiger partial charge in [0.05, 0.1) is 6.42 Å². The molecule has 0 aliphatic carbocycles. The number of carbonyl (C=O) groups is 2. The van der Waals surface area contributed by atoms with E-state index in [1.807, 2.05) is 21.7 Å². The fourth-order valence-electron chi connectivity index (χ4n) is 3.12. The smallest absolute Gasteiger partial charge is 0.227 e. The van der Waals surface area contributed by atoms with Crippen molar-refractivity contribution >= 4 is 23.2 Å².